The largest absolute Gasteiger partial charge is 0.434 e. The number of rotatable bonds is 3. The van der Waals surface area contributed by atoms with Crippen molar-refractivity contribution in [2.24, 2.45) is 5.92 Å². The summed E-state index contributed by atoms with van der Waals surface area (Å²) in [5.41, 5.74) is -1.89. The minimum Gasteiger partial charge on any atom is -0.361 e. The van der Waals surface area contributed by atoms with Crippen molar-refractivity contribution < 1.29 is 22.8 Å². The van der Waals surface area contributed by atoms with E-state index < -0.39 is 23.4 Å². The Kier molecular flexibility index (Phi) is 3.50. The van der Waals surface area contributed by atoms with Gasteiger partial charge in [-0.25, -0.2) is 9.78 Å². The molecule has 3 amide bonds. The van der Waals surface area contributed by atoms with Crippen molar-refractivity contribution in [1.29, 1.82) is 0 Å². The number of amides is 3. The number of carbonyl (C=O) groups excluding carboxylic acids is 2. The second-order valence-electron chi connectivity index (χ2n) is 5.39. The number of halogens is 3. The maximum absolute atomic E-state index is 12.5. The zero-order valence-corrected chi connectivity index (χ0v) is 12.1. The number of imide groups is 1. The second-order valence-corrected chi connectivity index (χ2v) is 6.24. The molecule has 1 saturated heterocycles. The van der Waals surface area contributed by atoms with Crippen molar-refractivity contribution in [3.05, 3.63) is 11.1 Å². The summed E-state index contributed by atoms with van der Waals surface area (Å²) in [6, 6.07) is -0.523. The van der Waals surface area contributed by atoms with E-state index in [4.69, 9.17) is 0 Å². The maximum atomic E-state index is 12.5. The number of nitrogens with one attached hydrogen (secondary N) is 3. The quantitative estimate of drug-likeness (QED) is 0.738. The lowest BCUT2D eigenvalue weighted by molar-refractivity contribution is -0.140. The molecule has 1 saturated carbocycles. The molecule has 3 N–H and O–H groups in total. The molecule has 6 nitrogen and oxygen atoms in total. The lowest BCUT2D eigenvalue weighted by Gasteiger charge is -2.28. The zero-order valence-electron chi connectivity index (χ0n) is 11.3. The summed E-state index contributed by atoms with van der Waals surface area (Å²) in [4.78, 5) is 26.8. The predicted molar refractivity (Wildman–Crippen MR) is 72.4 cm³/mol. The summed E-state index contributed by atoms with van der Waals surface area (Å²) in [5.74, 6) is -0.547. The van der Waals surface area contributed by atoms with E-state index in [0.717, 1.165) is 23.1 Å². The number of anilines is 1. The Labute approximate surface area is 127 Å². The first-order valence-electron chi connectivity index (χ1n) is 6.71. The minimum atomic E-state index is -4.47. The molecule has 2 atom stereocenters. The molecule has 120 valence electrons. The van der Waals surface area contributed by atoms with Gasteiger partial charge in [-0.2, -0.15) is 13.2 Å². The molecule has 2 fully saturated rings. The first-order valence-corrected chi connectivity index (χ1v) is 7.59. The normalized spacial score (nSPS) is 28.0. The van der Waals surface area contributed by atoms with Crippen LogP contribution >= 0.6 is 11.3 Å². The van der Waals surface area contributed by atoms with Crippen molar-refractivity contribution in [3.8, 4) is 0 Å². The van der Waals surface area contributed by atoms with Crippen LogP contribution in [-0.4, -0.2) is 29.0 Å². The molecule has 0 aromatic carbocycles. The lowest BCUT2D eigenvalue weighted by atomic mass is 9.87. The lowest BCUT2D eigenvalue weighted by Crippen LogP contribution is -2.51. The molecule has 1 spiro atoms. The Bertz CT molecular complexity index is 618. The topological polar surface area (TPSA) is 83.1 Å². The van der Waals surface area contributed by atoms with E-state index in [0.29, 0.717) is 12.8 Å². The van der Waals surface area contributed by atoms with Crippen molar-refractivity contribution in [2.45, 2.75) is 31.0 Å². The van der Waals surface area contributed by atoms with E-state index in [9.17, 15) is 22.8 Å². The summed E-state index contributed by atoms with van der Waals surface area (Å²) in [6.07, 6.45) is -2.46. The third-order valence-electron chi connectivity index (χ3n) is 4.08. The highest BCUT2D eigenvalue weighted by molar-refractivity contribution is 7.13. The summed E-state index contributed by atoms with van der Waals surface area (Å²) >= 11 is 0.862. The predicted octanol–water partition coefficient (Wildman–Crippen LogP) is 1.95. The van der Waals surface area contributed by atoms with Crippen LogP contribution in [0.5, 0.6) is 0 Å². The fourth-order valence-corrected chi connectivity index (χ4v) is 3.75. The van der Waals surface area contributed by atoms with Gasteiger partial charge in [-0.15, -0.1) is 11.3 Å². The van der Waals surface area contributed by atoms with Gasteiger partial charge in [0.25, 0.3) is 5.91 Å². The Hall–Kier alpha value is -1.84. The van der Waals surface area contributed by atoms with E-state index >= 15 is 0 Å². The van der Waals surface area contributed by atoms with Gasteiger partial charge >= 0.3 is 12.2 Å². The molecule has 2 aliphatic rings. The molecule has 1 aliphatic heterocycles. The SMILES string of the molecule is O=C1NC(=O)C2(CCCC2CNc2nc(C(F)(F)F)cs2)N1. The van der Waals surface area contributed by atoms with Crippen molar-refractivity contribution >= 4 is 28.4 Å². The minimum absolute atomic E-state index is 0.152. The van der Waals surface area contributed by atoms with Gasteiger partial charge in [0.05, 0.1) is 0 Å². The molecule has 10 heteroatoms. The van der Waals surface area contributed by atoms with Gasteiger partial charge in [0.15, 0.2) is 10.8 Å². The van der Waals surface area contributed by atoms with Crippen LogP contribution in [0.2, 0.25) is 0 Å². The Balaban J connectivity index is 1.67. The van der Waals surface area contributed by atoms with Gasteiger partial charge in [-0.1, -0.05) is 6.42 Å². The number of alkyl halides is 3. The van der Waals surface area contributed by atoms with Crippen LogP contribution in [0, 0.1) is 5.92 Å². The molecule has 3 rings (SSSR count). The average Bonchev–Trinajstić information content (AvgIpc) is 3.08. The van der Waals surface area contributed by atoms with Crippen LogP contribution in [-0.2, 0) is 11.0 Å². The third kappa shape index (κ3) is 2.51. The number of thiazole rings is 1. The van der Waals surface area contributed by atoms with Gasteiger partial charge in [0, 0.05) is 17.8 Å². The molecule has 1 aliphatic carbocycles. The van der Waals surface area contributed by atoms with Gasteiger partial charge in [-0.05, 0) is 12.8 Å². The standard InChI is InChI=1S/C12H13F3N4O2S/c13-12(14,15)7-5-22-10(17-7)16-4-6-2-1-3-11(6)8(20)18-9(21)19-11/h5-6H,1-4H2,(H,16,17)(H2,18,19,20,21). The monoisotopic (exact) mass is 334 g/mol. The molecule has 2 unspecified atom stereocenters. The first-order chi connectivity index (χ1) is 10.3. The summed E-state index contributed by atoms with van der Waals surface area (Å²) in [7, 11) is 0. The zero-order chi connectivity index (χ0) is 16.0. The van der Waals surface area contributed by atoms with E-state index in [1.54, 1.807) is 0 Å². The van der Waals surface area contributed by atoms with Crippen LogP contribution in [0.25, 0.3) is 0 Å². The van der Waals surface area contributed by atoms with E-state index in [1.807, 2.05) is 0 Å². The van der Waals surface area contributed by atoms with Crippen molar-refractivity contribution in [2.75, 3.05) is 11.9 Å². The summed E-state index contributed by atoms with van der Waals surface area (Å²) in [6.45, 7) is 0.276. The fraction of sp³-hybridized carbons (Fsp3) is 0.583. The van der Waals surface area contributed by atoms with Crippen LogP contribution in [0.15, 0.2) is 5.38 Å². The highest BCUT2D eigenvalue weighted by Crippen LogP contribution is 2.38. The van der Waals surface area contributed by atoms with Gasteiger partial charge in [0.2, 0.25) is 0 Å². The van der Waals surface area contributed by atoms with Crippen LogP contribution in [0.1, 0.15) is 25.0 Å². The number of hydrogen-bond acceptors (Lipinski definition) is 5. The van der Waals surface area contributed by atoms with Gasteiger partial charge in [0.1, 0.15) is 5.54 Å². The number of nitrogens with zero attached hydrogens (tertiary/aromatic N) is 1. The Morgan fingerprint density at radius 3 is 2.82 bits per heavy atom. The highest BCUT2D eigenvalue weighted by Gasteiger charge is 2.54. The molecular formula is C12H13F3N4O2S. The Morgan fingerprint density at radius 2 is 2.23 bits per heavy atom. The number of hydrogen-bond donors (Lipinski definition) is 3. The second kappa shape index (κ2) is 5.11. The summed E-state index contributed by atoms with van der Waals surface area (Å²) in [5, 5.41) is 8.82. The molecule has 2 heterocycles. The molecule has 1 aromatic heterocycles. The highest BCUT2D eigenvalue weighted by atomic mass is 32.1. The smallest absolute Gasteiger partial charge is 0.361 e. The number of carbonyl (C=O) groups is 2. The molecular weight excluding hydrogens is 321 g/mol. The first kappa shape index (κ1) is 15.1. The number of urea groups is 1. The van der Waals surface area contributed by atoms with E-state index in [-0.39, 0.29) is 23.5 Å². The molecule has 22 heavy (non-hydrogen) atoms. The van der Waals surface area contributed by atoms with Crippen molar-refractivity contribution in [1.82, 2.24) is 15.6 Å². The number of aromatic nitrogens is 1. The molecule has 0 radical (unpaired) electrons. The van der Waals surface area contributed by atoms with Crippen LogP contribution in [0.4, 0.5) is 23.1 Å². The maximum Gasteiger partial charge on any atom is 0.434 e. The molecule has 0 bridgehead atoms. The van der Waals surface area contributed by atoms with Crippen LogP contribution < -0.4 is 16.0 Å². The van der Waals surface area contributed by atoms with Crippen LogP contribution in [0.3, 0.4) is 0 Å². The van der Waals surface area contributed by atoms with Gasteiger partial charge in [-0.3, -0.25) is 10.1 Å². The Morgan fingerprint density at radius 1 is 1.45 bits per heavy atom. The van der Waals surface area contributed by atoms with Gasteiger partial charge < -0.3 is 10.6 Å². The van der Waals surface area contributed by atoms with E-state index in [1.165, 1.54) is 0 Å². The van der Waals surface area contributed by atoms with E-state index in [2.05, 4.69) is 20.9 Å². The molecule has 1 aromatic rings. The fourth-order valence-electron chi connectivity index (χ4n) is 3.02. The average molecular weight is 334 g/mol. The van der Waals surface area contributed by atoms with Crippen molar-refractivity contribution in [3.63, 3.8) is 0 Å². The summed E-state index contributed by atoms with van der Waals surface area (Å²) < 4.78 is 37.5. The third-order valence-corrected chi connectivity index (χ3v) is 4.88.